The molecule has 1 saturated heterocycles. The highest BCUT2D eigenvalue weighted by atomic mass is 32.2. The molecule has 0 saturated carbocycles. The SMILES string of the molecule is C=CCCCCCC(NCC)C1CSCCN1C. The molecule has 1 aliphatic heterocycles. The van der Waals surface area contributed by atoms with Crippen LogP contribution in [-0.4, -0.2) is 48.6 Å². The van der Waals surface area contributed by atoms with Gasteiger partial charge in [-0.3, -0.25) is 0 Å². The molecule has 0 spiro atoms. The highest BCUT2D eigenvalue weighted by Gasteiger charge is 2.26. The number of rotatable bonds is 9. The summed E-state index contributed by atoms with van der Waals surface area (Å²) >= 11 is 2.11. The fourth-order valence-electron chi connectivity index (χ4n) is 2.65. The topological polar surface area (TPSA) is 15.3 Å². The van der Waals surface area contributed by atoms with E-state index in [0.29, 0.717) is 6.04 Å². The van der Waals surface area contributed by atoms with Gasteiger partial charge in [-0.1, -0.05) is 25.8 Å². The minimum Gasteiger partial charge on any atom is -0.313 e. The van der Waals surface area contributed by atoms with E-state index in [2.05, 4.69) is 42.5 Å². The molecule has 1 rings (SSSR count). The molecule has 2 atom stereocenters. The first-order chi connectivity index (χ1) is 8.79. The van der Waals surface area contributed by atoms with Crippen molar-refractivity contribution in [3.05, 3.63) is 12.7 Å². The first-order valence-electron chi connectivity index (χ1n) is 7.41. The fourth-order valence-corrected chi connectivity index (χ4v) is 3.96. The van der Waals surface area contributed by atoms with Gasteiger partial charge in [-0.2, -0.15) is 11.8 Å². The number of allylic oxidation sites excluding steroid dienone is 1. The molecule has 0 bridgehead atoms. The average Bonchev–Trinajstić information content (AvgIpc) is 2.38. The number of hydrogen-bond acceptors (Lipinski definition) is 3. The molecular weight excluding hydrogens is 240 g/mol. The molecule has 0 aromatic rings. The minimum atomic E-state index is 0.677. The maximum Gasteiger partial charge on any atom is 0.0337 e. The van der Waals surface area contributed by atoms with Crippen LogP contribution in [0.4, 0.5) is 0 Å². The second-order valence-corrected chi connectivity index (χ2v) is 6.36. The van der Waals surface area contributed by atoms with Gasteiger partial charge in [0.25, 0.3) is 0 Å². The van der Waals surface area contributed by atoms with E-state index in [1.807, 2.05) is 6.08 Å². The summed E-state index contributed by atoms with van der Waals surface area (Å²) in [6.07, 6.45) is 8.52. The Balaban J connectivity index is 2.30. The zero-order valence-electron chi connectivity index (χ0n) is 12.2. The molecule has 1 aliphatic rings. The van der Waals surface area contributed by atoms with Crippen molar-refractivity contribution >= 4 is 11.8 Å². The third-order valence-electron chi connectivity index (χ3n) is 3.80. The van der Waals surface area contributed by atoms with Gasteiger partial charge in [-0.25, -0.2) is 0 Å². The standard InChI is InChI=1S/C15H30N2S/c1-4-6-7-8-9-10-14(16-5-2)15-13-18-12-11-17(15)3/h4,14-16H,1,5-13H2,2-3H3. The Morgan fingerprint density at radius 3 is 2.94 bits per heavy atom. The van der Waals surface area contributed by atoms with Gasteiger partial charge < -0.3 is 10.2 Å². The third kappa shape index (κ3) is 5.77. The monoisotopic (exact) mass is 270 g/mol. The van der Waals surface area contributed by atoms with Crippen molar-refractivity contribution in [2.24, 2.45) is 0 Å². The molecule has 2 unspecified atom stereocenters. The van der Waals surface area contributed by atoms with Gasteiger partial charge in [0.15, 0.2) is 0 Å². The minimum absolute atomic E-state index is 0.677. The average molecular weight is 270 g/mol. The third-order valence-corrected chi connectivity index (χ3v) is 4.85. The largest absolute Gasteiger partial charge is 0.313 e. The summed E-state index contributed by atoms with van der Waals surface area (Å²) in [5, 5.41) is 3.70. The molecule has 2 nitrogen and oxygen atoms in total. The van der Waals surface area contributed by atoms with E-state index in [9.17, 15) is 0 Å². The fraction of sp³-hybridized carbons (Fsp3) is 0.867. The van der Waals surface area contributed by atoms with Gasteiger partial charge in [0, 0.05) is 30.1 Å². The number of unbranched alkanes of at least 4 members (excludes halogenated alkanes) is 3. The zero-order chi connectivity index (χ0) is 13.2. The summed E-state index contributed by atoms with van der Waals surface area (Å²) in [4.78, 5) is 2.55. The van der Waals surface area contributed by atoms with E-state index in [4.69, 9.17) is 0 Å². The van der Waals surface area contributed by atoms with Crippen LogP contribution in [0.5, 0.6) is 0 Å². The van der Waals surface area contributed by atoms with Crippen LogP contribution in [0.25, 0.3) is 0 Å². The summed E-state index contributed by atoms with van der Waals surface area (Å²) in [5.41, 5.74) is 0. The van der Waals surface area contributed by atoms with Crippen LogP contribution in [0.1, 0.15) is 39.0 Å². The van der Waals surface area contributed by atoms with Crippen LogP contribution in [0.15, 0.2) is 12.7 Å². The quantitative estimate of drug-likeness (QED) is 0.512. The van der Waals surface area contributed by atoms with Gasteiger partial charge in [-0.15, -0.1) is 6.58 Å². The second kappa shape index (κ2) is 9.88. The van der Waals surface area contributed by atoms with Gasteiger partial charge in [0.05, 0.1) is 0 Å². The summed E-state index contributed by atoms with van der Waals surface area (Å²) in [6.45, 7) is 8.34. The van der Waals surface area contributed by atoms with Crippen LogP contribution in [0.3, 0.4) is 0 Å². The molecule has 0 aliphatic carbocycles. The molecule has 3 heteroatoms. The van der Waals surface area contributed by atoms with E-state index < -0.39 is 0 Å². The molecule has 1 fully saturated rings. The summed E-state index contributed by atoms with van der Waals surface area (Å²) in [5.74, 6) is 2.59. The Kier molecular flexibility index (Phi) is 8.82. The van der Waals surface area contributed by atoms with E-state index in [0.717, 1.165) is 12.6 Å². The Morgan fingerprint density at radius 1 is 1.44 bits per heavy atom. The predicted molar refractivity (Wildman–Crippen MR) is 84.5 cm³/mol. The maximum atomic E-state index is 3.78. The predicted octanol–water partition coefficient (Wildman–Crippen LogP) is 3.15. The van der Waals surface area contributed by atoms with E-state index in [1.54, 1.807) is 0 Å². The van der Waals surface area contributed by atoms with E-state index in [1.165, 1.54) is 50.2 Å². The molecule has 0 aromatic heterocycles. The molecule has 1 heterocycles. The Hall–Kier alpha value is 0.01000. The van der Waals surface area contributed by atoms with Crippen LogP contribution in [-0.2, 0) is 0 Å². The van der Waals surface area contributed by atoms with Crippen molar-refractivity contribution in [3.8, 4) is 0 Å². The molecule has 0 radical (unpaired) electrons. The van der Waals surface area contributed by atoms with Crippen LogP contribution < -0.4 is 5.32 Å². The highest BCUT2D eigenvalue weighted by molar-refractivity contribution is 7.99. The lowest BCUT2D eigenvalue weighted by molar-refractivity contribution is 0.207. The molecule has 106 valence electrons. The second-order valence-electron chi connectivity index (χ2n) is 5.21. The molecule has 1 N–H and O–H groups in total. The lowest BCUT2D eigenvalue weighted by Gasteiger charge is -2.38. The van der Waals surface area contributed by atoms with Gasteiger partial charge >= 0.3 is 0 Å². The van der Waals surface area contributed by atoms with Crippen LogP contribution >= 0.6 is 11.8 Å². The molecule has 0 amide bonds. The van der Waals surface area contributed by atoms with Crippen molar-refractivity contribution in [2.45, 2.75) is 51.1 Å². The van der Waals surface area contributed by atoms with Gasteiger partial charge in [0.2, 0.25) is 0 Å². The number of nitrogens with zero attached hydrogens (tertiary/aromatic N) is 1. The summed E-state index contributed by atoms with van der Waals surface area (Å²) in [6, 6.07) is 1.40. The van der Waals surface area contributed by atoms with E-state index >= 15 is 0 Å². The number of hydrogen-bond donors (Lipinski definition) is 1. The van der Waals surface area contributed by atoms with Gasteiger partial charge in [-0.05, 0) is 32.9 Å². The maximum absolute atomic E-state index is 3.78. The lowest BCUT2D eigenvalue weighted by atomic mass is 10.0. The summed E-state index contributed by atoms with van der Waals surface area (Å²) < 4.78 is 0. The van der Waals surface area contributed by atoms with Crippen molar-refractivity contribution < 1.29 is 0 Å². The molecule has 18 heavy (non-hydrogen) atoms. The van der Waals surface area contributed by atoms with Crippen molar-refractivity contribution in [2.75, 3.05) is 31.6 Å². The van der Waals surface area contributed by atoms with E-state index in [-0.39, 0.29) is 0 Å². The van der Waals surface area contributed by atoms with Crippen molar-refractivity contribution in [1.82, 2.24) is 10.2 Å². The molecular formula is C15H30N2S. The molecule has 0 aromatic carbocycles. The lowest BCUT2D eigenvalue weighted by Crippen LogP contribution is -2.52. The summed E-state index contributed by atoms with van der Waals surface area (Å²) in [7, 11) is 2.28. The van der Waals surface area contributed by atoms with Crippen LogP contribution in [0.2, 0.25) is 0 Å². The smallest absolute Gasteiger partial charge is 0.0337 e. The highest BCUT2D eigenvalue weighted by Crippen LogP contribution is 2.20. The Bertz CT molecular complexity index is 221. The van der Waals surface area contributed by atoms with Crippen molar-refractivity contribution in [1.29, 1.82) is 0 Å². The van der Waals surface area contributed by atoms with Crippen molar-refractivity contribution in [3.63, 3.8) is 0 Å². The Morgan fingerprint density at radius 2 is 2.28 bits per heavy atom. The Labute approximate surface area is 118 Å². The van der Waals surface area contributed by atoms with Crippen LogP contribution in [0, 0.1) is 0 Å². The number of likely N-dealkylation sites (N-methyl/N-ethyl adjacent to an activating group) is 2. The first-order valence-corrected chi connectivity index (χ1v) is 8.57. The van der Waals surface area contributed by atoms with Gasteiger partial charge in [0.1, 0.15) is 0 Å². The number of nitrogens with one attached hydrogen (secondary N) is 1. The zero-order valence-corrected chi connectivity index (χ0v) is 13.0. The first kappa shape index (κ1) is 16.1. The number of thioether (sulfide) groups is 1. The normalized spacial score (nSPS) is 22.9.